The molecule has 1 unspecified atom stereocenters. The molecule has 0 aliphatic rings. The summed E-state index contributed by atoms with van der Waals surface area (Å²) in [4.78, 5) is 11.9. The fraction of sp³-hybridized carbons (Fsp3) is 0.235. The standard InChI is InChI=1S/C17H16F3NO4/c18-17(19,20)12-3-1-2-11(6-12)9-25-16(24)13(21)7-10-4-5-14(22)15(23)8-10/h1-6,8,13,22-23H,7,9,21H2. The normalized spacial score (nSPS) is 12.6. The molecule has 134 valence electrons. The van der Waals surface area contributed by atoms with Crippen LogP contribution in [0.3, 0.4) is 0 Å². The Morgan fingerprint density at radius 1 is 1.08 bits per heavy atom. The molecule has 5 nitrogen and oxygen atoms in total. The van der Waals surface area contributed by atoms with Gasteiger partial charge in [0, 0.05) is 0 Å². The Kier molecular flexibility index (Phi) is 5.53. The SMILES string of the molecule is NC(Cc1ccc(O)c(O)c1)C(=O)OCc1cccc(C(F)(F)F)c1. The highest BCUT2D eigenvalue weighted by Crippen LogP contribution is 2.29. The molecule has 4 N–H and O–H groups in total. The number of phenols is 2. The molecule has 8 heteroatoms. The van der Waals surface area contributed by atoms with Crippen LogP contribution >= 0.6 is 0 Å². The van der Waals surface area contributed by atoms with E-state index in [0.717, 1.165) is 12.1 Å². The van der Waals surface area contributed by atoms with Crippen molar-refractivity contribution in [3.8, 4) is 11.5 Å². The lowest BCUT2D eigenvalue weighted by molar-refractivity contribution is -0.146. The highest BCUT2D eigenvalue weighted by molar-refractivity contribution is 5.76. The molecule has 2 aromatic carbocycles. The zero-order valence-corrected chi connectivity index (χ0v) is 13.0. The van der Waals surface area contributed by atoms with E-state index in [2.05, 4.69) is 0 Å². The second kappa shape index (κ2) is 7.43. The third-order valence-corrected chi connectivity index (χ3v) is 3.43. The Morgan fingerprint density at radius 3 is 2.44 bits per heavy atom. The molecular formula is C17H16F3NO4. The summed E-state index contributed by atoms with van der Waals surface area (Å²) in [6.45, 7) is -0.336. The van der Waals surface area contributed by atoms with Crippen LogP contribution in [0.15, 0.2) is 42.5 Å². The van der Waals surface area contributed by atoms with Crippen molar-refractivity contribution < 1.29 is 32.9 Å². The fourth-order valence-electron chi connectivity index (χ4n) is 2.13. The second-order valence-electron chi connectivity index (χ2n) is 5.44. The first kappa shape index (κ1) is 18.6. The molecule has 1 atom stereocenters. The summed E-state index contributed by atoms with van der Waals surface area (Å²) in [6.07, 6.45) is -4.44. The molecule has 0 radical (unpaired) electrons. The minimum absolute atomic E-state index is 0.0370. The van der Waals surface area contributed by atoms with Crippen molar-refractivity contribution >= 4 is 5.97 Å². The molecule has 0 heterocycles. The topological polar surface area (TPSA) is 92.8 Å². The lowest BCUT2D eigenvalue weighted by Gasteiger charge is -2.13. The number of phenolic OH excluding ortho intramolecular Hbond substituents is 2. The third kappa shape index (κ3) is 5.12. The maximum atomic E-state index is 12.6. The highest BCUT2D eigenvalue weighted by Gasteiger charge is 2.30. The highest BCUT2D eigenvalue weighted by atomic mass is 19.4. The number of ether oxygens (including phenoxy) is 1. The first-order valence-corrected chi connectivity index (χ1v) is 7.26. The maximum absolute atomic E-state index is 12.6. The van der Waals surface area contributed by atoms with Gasteiger partial charge in [-0.3, -0.25) is 4.79 Å². The minimum Gasteiger partial charge on any atom is -0.504 e. The number of halogens is 3. The number of benzene rings is 2. The van der Waals surface area contributed by atoms with Crippen molar-refractivity contribution in [2.24, 2.45) is 5.73 Å². The second-order valence-corrected chi connectivity index (χ2v) is 5.44. The Morgan fingerprint density at radius 2 is 1.80 bits per heavy atom. The smallest absolute Gasteiger partial charge is 0.416 e. The molecule has 0 fully saturated rings. The Hall–Kier alpha value is -2.74. The molecule has 2 rings (SSSR count). The van der Waals surface area contributed by atoms with Crippen LogP contribution in [0.2, 0.25) is 0 Å². The molecule has 2 aromatic rings. The number of alkyl halides is 3. The van der Waals surface area contributed by atoms with Gasteiger partial charge in [-0.2, -0.15) is 13.2 Å². The van der Waals surface area contributed by atoms with Crippen molar-refractivity contribution in [3.05, 3.63) is 59.2 Å². The van der Waals surface area contributed by atoms with Crippen LogP contribution in [0.25, 0.3) is 0 Å². The van der Waals surface area contributed by atoms with Gasteiger partial charge in [0.05, 0.1) is 5.56 Å². The van der Waals surface area contributed by atoms with Crippen molar-refractivity contribution in [2.75, 3.05) is 0 Å². The third-order valence-electron chi connectivity index (χ3n) is 3.43. The summed E-state index contributed by atoms with van der Waals surface area (Å²) in [5, 5.41) is 18.6. The van der Waals surface area contributed by atoms with Gasteiger partial charge < -0.3 is 20.7 Å². The van der Waals surface area contributed by atoms with Crippen molar-refractivity contribution in [3.63, 3.8) is 0 Å². The van der Waals surface area contributed by atoms with E-state index in [4.69, 9.17) is 10.5 Å². The van der Waals surface area contributed by atoms with E-state index >= 15 is 0 Å². The number of aromatic hydroxyl groups is 2. The van der Waals surface area contributed by atoms with Crippen LogP contribution in [0.5, 0.6) is 11.5 Å². The summed E-state index contributed by atoms with van der Waals surface area (Å²) in [6, 6.07) is 7.40. The summed E-state index contributed by atoms with van der Waals surface area (Å²) in [5.74, 6) is -1.43. The summed E-state index contributed by atoms with van der Waals surface area (Å²) < 4.78 is 42.8. The summed E-state index contributed by atoms with van der Waals surface area (Å²) in [5.41, 5.74) is 5.56. The molecule has 0 bridgehead atoms. The van der Waals surface area contributed by atoms with Crippen LogP contribution in [0.4, 0.5) is 13.2 Å². The van der Waals surface area contributed by atoms with E-state index < -0.39 is 23.8 Å². The maximum Gasteiger partial charge on any atom is 0.416 e. The molecule has 0 saturated heterocycles. The van der Waals surface area contributed by atoms with Crippen LogP contribution in [0, 0.1) is 0 Å². The number of esters is 1. The van der Waals surface area contributed by atoms with Gasteiger partial charge in [-0.1, -0.05) is 18.2 Å². The van der Waals surface area contributed by atoms with Gasteiger partial charge in [0.15, 0.2) is 11.5 Å². The number of hydrogen-bond acceptors (Lipinski definition) is 5. The van der Waals surface area contributed by atoms with Crippen molar-refractivity contribution in [1.82, 2.24) is 0 Å². The van der Waals surface area contributed by atoms with Crippen LogP contribution in [-0.4, -0.2) is 22.2 Å². The monoisotopic (exact) mass is 355 g/mol. The molecule has 0 amide bonds. The van der Waals surface area contributed by atoms with Gasteiger partial charge in [0.2, 0.25) is 0 Å². The summed E-state index contributed by atoms with van der Waals surface area (Å²) >= 11 is 0. The van der Waals surface area contributed by atoms with Gasteiger partial charge in [0.25, 0.3) is 0 Å². The fourth-order valence-corrected chi connectivity index (χ4v) is 2.13. The van der Waals surface area contributed by atoms with Gasteiger partial charge in [0.1, 0.15) is 12.6 Å². The number of rotatable bonds is 5. The van der Waals surface area contributed by atoms with E-state index in [1.807, 2.05) is 0 Å². The molecule has 0 aliphatic heterocycles. The van der Waals surface area contributed by atoms with Gasteiger partial charge in [-0.05, 0) is 41.8 Å². The van der Waals surface area contributed by atoms with E-state index in [1.165, 1.54) is 30.3 Å². The van der Waals surface area contributed by atoms with E-state index in [0.29, 0.717) is 5.56 Å². The Bertz CT molecular complexity index is 762. The van der Waals surface area contributed by atoms with Gasteiger partial charge in [-0.15, -0.1) is 0 Å². The quantitative estimate of drug-likeness (QED) is 0.566. The number of carbonyl (C=O) groups is 1. The predicted molar refractivity (Wildman–Crippen MR) is 82.7 cm³/mol. The molecule has 0 aliphatic carbocycles. The minimum atomic E-state index is -4.47. The van der Waals surface area contributed by atoms with Crippen LogP contribution in [0.1, 0.15) is 16.7 Å². The van der Waals surface area contributed by atoms with Gasteiger partial charge in [-0.25, -0.2) is 0 Å². The molecule has 0 saturated carbocycles. The molecule has 0 spiro atoms. The zero-order valence-electron chi connectivity index (χ0n) is 13.0. The number of nitrogens with two attached hydrogens (primary N) is 1. The average molecular weight is 355 g/mol. The Labute approximate surface area is 141 Å². The lowest BCUT2D eigenvalue weighted by Crippen LogP contribution is -2.34. The van der Waals surface area contributed by atoms with Gasteiger partial charge >= 0.3 is 12.1 Å². The number of carbonyl (C=O) groups excluding carboxylic acids is 1. The zero-order chi connectivity index (χ0) is 18.6. The Balaban J connectivity index is 1.94. The van der Waals surface area contributed by atoms with Crippen molar-refractivity contribution in [1.29, 1.82) is 0 Å². The summed E-state index contributed by atoms with van der Waals surface area (Å²) in [7, 11) is 0. The van der Waals surface area contributed by atoms with E-state index in [9.17, 15) is 28.2 Å². The number of hydrogen-bond donors (Lipinski definition) is 3. The lowest BCUT2D eigenvalue weighted by atomic mass is 10.1. The van der Waals surface area contributed by atoms with Crippen LogP contribution in [-0.2, 0) is 28.7 Å². The first-order valence-electron chi connectivity index (χ1n) is 7.26. The first-order chi connectivity index (χ1) is 11.7. The van der Waals surface area contributed by atoms with E-state index in [1.54, 1.807) is 0 Å². The molecule has 0 aromatic heterocycles. The van der Waals surface area contributed by atoms with E-state index in [-0.39, 0.29) is 30.1 Å². The predicted octanol–water partition coefficient (Wildman–Crippen LogP) is 2.73. The van der Waals surface area contributed by atoms with Crippen LogP contribution < -0.4 is 5.73 Å². The largest absolute Gasteiger partial charge is 0.504 e. The molecule has 25 heavy (non-hydrogen) atoms. The van der Waals surface area contributed by atoms with Crippen molar-refractivity contribution in [2.45, 2.75) is 25.2 Å². The molecular weight excluding hydrogens is 339 g/mol. The average Bonchev–Trinajstić information content (AvgIpc) is 2.55.